The molecular formula is C33H40F3N9O3Si. The minimum Gasteiger partial charge on any atom is -0.474 e. The number of alkyl halides is 3. The molecule has 49 heavy (non-hydrogen) atoms. The van der Waals surface area contributed by atoms with E-state index in [4.69, 9.17) is 20.3 Å². The highest BCUT2D eigenvalue weighted by atomic mass is 28.3. The summed E-state index contributed by atoms with van der Waals surface area (Å²) >= 11 is 0. The molecule has 260 valence electrons. The molecular weight excluding hydrogens is 656 g/mol. The molecule has 2 N–H and O–H groups in total. The van der Waals surface area contributed by atoms with Gasteiger partial charge in [0.15, 0.2) is 0 Å². The summed E-state index contributed by atoms with van der Waals surface area (Å²) in [4.78, 5) is 26.6. The van der Waals surface area contributed by atoms with Crippen LogP contribution >= 0.6 is 0 Å². The number of nitrogens with two attached hydrogens (primary N) is 1. The van der Waals surface area contributed by atoms with E-state index in [1.807, 2.05) is 27.7 Å². The maximum atomic E-state index is 13.3. The van der Waals surface area contributed by atoms with Gasteiger partial charge in [0.2, 0.25) is 11.8 Å². The van der Waals surface area contributed by atoms with E-state index in [-0.39, 0.29) is 23.6 Å². The van der Waals surface area contributed by atoms with Gasteiger partial charge in [0.25, 0.3) is 0 Å². The van der Waals surface area contributed by atoms with Gasteiger partial charge in [0.1, 0.15) is 30.5 Å². The second-order valence-corrected chi connectivity index (χ2v) is 19.8. The number of aromatic nitrogens is 6. The highest BCUT2D eigenvalue weighted by Crippen LogP contribution is 2.46. The van der Waals surface area contributed by atoms with Crippen LogP contribution in [0.5, 0.6) is 5.88 Å². The molecule has 2 fully saturated rings. The number of halogens is 3. The molecule has 0 radical (unpaired) electrons. The number of primary amides is 1. The number of pyridine rings is 1. The lowest BCUT2D eigenvalue weighted by molar-refractivity contribution is -0.141. The van der Waals surface area contributed by atoms with Gasteiger partial charge >= 0.3 is 6.18 Å². The minimum absolute atomic E-state index is 0.218. The third-order valence-electron chi connectivity index (χ3n) is 9.42. The summed E-state index contributed by atoms with van der Waals surface area (Å²) in [5, 5.41) is 15.4. The SMILES string of the molecule is C[Si](C)(C)CCOCn1ccc2c(-c3cnn([C@]4(CC#N)C[C@@H](N5CCC(Oc6cc(C(N)=O)cc(C(F)(F)F)n6)CC5)C4)c3)ncnc21. The van der Waals surface area contributed by atoms with Crippen LogP contribution in [0.25, 0.3) is 22.3 Å². The van der Waals surface area contributed by atoms with Crippen molar-refractivity contribution in [3.05, 3.63) is 54.4 Å². The first-order valence-corrected chi connectivity index (χ1v) is 20.1. The molecule has 4 aromatic rings. The number of hydrogen-bond acceptors (Lipinski definition) is 9. The molecule has 1 saturated heterocycles. The predicted octanol–water partition coefficient (Wildman–Crippen LogP) is 5.43. The zero-order chi connectivity index (χ0) is 35.0. The molecule has 0 bridgehead atoms. The fourth-order valence-electron chi connectivity index (χ4n) is 6.60. The number of hydrogen-bond donors (Lipinski definition) is 1. The Bertz CT molecular complexity index is 1850. The van der Waals surface area contributed by atoms with Crippen molar-refractivity contribution in [1.82, 2.24) is 34.2 Å². The Balaban J connectivity index is 1.08. The highest BCUT2D eigenvalue weighted by Gasteiger charge is 2.49. The van der Waals surface area contributed by atoms with Crippen molar-refractivity contribution in [1.29, 1.82) is 5.26 Å². The summed E-state index contributed by atoms with van der Waals surface area (Å²) in [5.41, 5.74) is 5.64. The minimum atomic E-state index is -4.74. The number of ether oxygens (including phenoxy) is 2. The monoisotopic (exact) mass is 695 g/mol. The van der Waals surface area contributed by atoms with Crippen LogP contribution in [0, 0.1) is 11.3 Å². The second-order valence-electron chi connectivity index (χ2n) is 14.2. The van der Waals surface area contributed by atoms with Crippen molar-refractivity contribution in [3.8, 4) is 23.2 Å². The highest BCUT2D eigenvalue weighted by molar-refractivity contribution is 6.76. The van der Waals surface area contributed by atoms with E-state index < -0.39 is 31.4 Å². The number of nitrogens with zero attached hydrogens (tertiary/aromatic N) is 8. The van der Waals surface area contributed by atoms with Crippen LogP contribution in [0.3, 0.4) is 0 Å². The van der Waals surface area contributed by atoms with Crippen molar-refractivity contribution in [2.75, 3.05) is 19.7 Å². The summed E-state index contributed by atoms with van der Waals surface area (Å²) in [6.45, 7) is 9.43. The smallest absolute Gasteiger partial charge is 0.433 e. The van der Waals surface area contributed by atoms with Gasteiger partial charge in [-0.2, -0.15) is 23.5 Å². The van der Waals surface area contributed by atoms with Crippen LogP contribution in [0.15, 0.2) is 43.1 Å². The topological polar surface area (TPSA) is 150 Å². The molecule has 6 rings (SSSR count). The molecule has 1 amide bonds. The first-order chi connectivity index (χ1) is 23.2. The van der Waals surface area contributed by atoms with Crippen molar-refractivity contribution >= 4 is 25.0 Å². The quantitative estimate of drug-likeness (QED) is 0.151. The zero-order valence-corrected chi connectivity index (χ0v) is 28.8. The fourth-order valence-corrected chi connectivity index (χ4v) is 7.36. The number of nitriles is 1. The number of carbonyl (C=O) groups excluding carboxylic acids is 1. The molecule has 5 heterocycles. The van der Waals surface area contributed by atoms with Crippen LogP contribution < -0.4 is 10.5 Å². The molecule has 16 heteroatoms. The molecule has 0 aromatic carbocycles. The van der Waals surface area contributed by atoms with E-state index in [9.17, 15) is 23.2 Å². The molecule has 12 nitrogen and oxygen atoms in total. The van der Waals surface area contributed by atoms with Crippen LogP contribution in [-0.4, -0.2) is 80.0 Å². The summed E-state index contributed by atoms with van der Waals surface area (Å²) in [7, 11) is -1.19. The molecule has 0 unspecified atom stereocenters. The van der Waals surface area contributed by atoms with Gasteiger partial charge in [-0.1, -0.05) is 19.6 Å². The van der Waals surface area contributed by atoms with Crippen LogP contribution in [0.4, 0.5) is 13.2 Å². The average Bonchev–Trinajstić information content (AvgIpc) is 3.68. The van der Waals surface area contributed by atoms with Crippen molar-refractivity contribution in [2.45, 2.75) is 88.4 Å². The molecule has 1 aliphatic heterocycles. The lowest BCUT2D eigenvalue weighted by Gasteiger charge is -2.52. The first-order valence-electron chi connectivity index (χ1n) is 16.3. The van der Waals surface area contributed by atoms with Crippen molar-refractivity contribution in [3.63, 3.8) is 0 Å². The number of likely N-dealkylation sites (tertiary alicyclic amines) is 1. The lowest BCUT2D eigenvalue weighted by atomic mass is 9.69. The Morgan fingerprint density at radius 3 is 2.61 bits per heavy atom. The van der Waals surface area contributed by atoms with Gasteiger partial charge in [-0.3, -0.25) is 14.4 Å². The first kappa shape index (κ1) is 34.5. The molecule has 4 aromatic heterocycles. The van der Waals surface area contributed by atoms with Gasteiger partial charge in [0, 0.05) is 68.8 Å². The van der Waals surface area contributed by atoms with E-state index in [0.29, 0.717) is 51.8 Å². The van der Waals surface area contributed by atoms with Crippen molar-refractivity contribution < 1.29 is 27.4 Å². The Kier molecular flexibility index (Phi) is 9.53. The number of rotatable bonds is 12. The second kappa shape index (κ2) is 13.5. The Morgan fingerprint density at radius 1 is 1.18 bits per heavy atom. The normalized spacial score (nSPS) is 20.6. The fraction of sp³-hybridized carbons (Fsp3) is 0.515. The maximum Gasteiger partial charge on any atom is 0.433 e. The number of piperidine rings is 1. The van der Waals surface area contributed by atoms with Crippen LogP contribution in [0.1, 0.15) is 48.2 Å². The summed E-state index contributed by atoms with van der Waals surface area (Å²) < 4.78 is 55.6. The van der Waals surface area contributed by atoms with Crippen molar-refractivity contribution in [2.24, 2.45) is 5.73 Å². The van der Waals surface area contributed by atoms with E-state index in [1.54, 1.807) is 12.5 Å². The number of carbonyl (C=O) groups is 1. The summed E-state index contributed by atoms with van der Waals surface area (Å²) in [6, 6.07) is 7.42. The molecule has 0 spiro atoms. The third-order valence-corrected chi connectivity index (χ3v) is 11.1. The summed E-state index contributed by atoms with van der Waals surface area (Å²) in [6.07, 6.45) is 5.06. The zero-order valence-electron chi connectivity index (χ0n) is 27.8. The Hall–Kier alpha value is -4.33. The largest absolute Gasteiger partial charge is 0.474 e. The average molecular weight is 696 g/mol. The number of fused-ring (bicyclic) bond motifs is 1. The van der Waals surface area contributed by atoms with Gasteiger partial charge < -0.3 is 19.8 Å². The third kappa shape index (κ3) is 7.63. The molecule has 0 atom stereocenters. The standard InChI is InChI=1S/C33H40F3N9O3Si/c1-49(2,3)13-12-47-21-44-11-6-26-29(39-20-40-31(26)44)23-18-41-45(19-23)32(7-8-37)16-24(17-32)43-9-4-25(5-10-43)48-28-15-22(30(38)46)14-27(42-28)33(34,35)36/h6,11,14-15,18-20,24-25H,4-5,7,9-10,12-13,16-17,21H2,1-3H3,(H2,38,46)/t24-,32-. The van der Waals surface area contributed by atoms with Gasteiger partial charge in [-0.05, 0) is 43.9 Å². The van der Waals surface area contributed by atoms with Crippen LogP contribution in [0.2, 0.25) is 25.7 Å². The predicted molar refractivity (Wildman–Crippen MR) is 177 cm³/mol. The van der Waals surface area contributed by atoms with Gasteiger partial charge in [-0.15, -0.1) is 0 Å². The van der Waals surface area contributed by atoms with Gasteiger partial charge in [-0.25, -0.2) is 15.0 Å². The molecule has 1 saturated carbocycles. The van der Waals surface area contributed by atoms with Crippen LogP contribution in [-0.2, 0) is 23.2 Å². The van der Waals surface area contributed by atoms with E-state index in [1.165, 1.54) is 0 Å². The van der Waals surface area contributed by atoms with E-state index in [2.05, 4.69) is 45.6 Å². The Morgan fingerprint density at radius 2 is 1.94 bits per heavy atom. The number of amides is 1. The Labute approximate surface area is 283 Å². The van der Waals surface area contributed by atoms with Gasteiger partial charge in [0.05, 0.1) is 29.9 Å². The summed E-state index contributed by atoms with van der Waals surface area (Å²) in [5.74, 6) is -1.25. The van der Waals surface area contributed by atoms with E-state index >= 15 is 0 Å². The molecule has 1 aliphatic carbocycles. The van der Waals surface area contributed by atoms with E-state index in [0.717, 1.165) is 47.2 Å². The lowest BCUT2D eigenvalue weighted by Crippen LogP contribution is -2.58. The maximum absolute atomic E-state index is 13.3. The molecule has 2 aliphatic rings.